The monoisotopic (exact) mass is 332 g/mol. The van der Waals surface area contributed by atoms with Crippen LogP contribution in [0.25, 0.3) is 0 Å². The number of hydrogen-bond acceptors (Lipinski definition) is 5. The Bertz CT molecular complexity index is 728. The minimum atomic E-state index is -0.561. The van der Waals surface area contributed by atoms with Crippen LogP contribution in [0.4, 0.5) is 5.82 Å². The Morgan fingerprint density at radius 3 is 2.79 bits per heavy atom. The van der Waals surface area contributed by atoms with Gasteiger partial charge in [0.25, 0.3) is 0 Å². The minimum Gasteiger partial charge on any atom is -0.496 e. The zero-order valence-electron chi connectivity index (χ0n) is 13.9. The fourth-order valence-electron chi connectivity index (χ4n) is 2.40. The number of aryl methyl sites for hydroxylation is 1. The number of benzene rings is 1. The minimum absolute atomic E-state index is 0.0650. The van der Waals surface area contributed by atoms with E-state index in [4.69, 9.17) is 4.74 Å². The number of nitrogens with zero attached hydrogens (tertiary/aromatic N) is 4. The average molecular weight is 332 g/mol. The van der Waals surface area contributed by atoms with Crippen molar-refractivity contribution in [2.75, 3.05) is 14.2 Å². The zero-order valence-corrected chi connectivity index (χ0v) is 13.9. The smallest absolute Gasteiger partial charge is 0.381 e. The molecule has 128 valence electrons. The number of hydrogen-bond donors (Lipinski definition) is 0. The first kappa shape index (κ1) is 17.5. The first-order chi connectivity index (χ1) is 11.4. The van der Waals surface area contributed by atoms with Crippen molar-refractivity contribution in [2.24, 2.45) is 0 Å². The van der Waals surface area contributed by atoms with Crippen molar-refractivity contribution in [3.8, 4) is 5.75 Å². The van der Waals surface area contributed by atoms with Crippen molar-refractivity contribution in [3.63, 3.8) is 0 Å². The molecule has 24 heavy (non-hydrogen) atoms. The van der Waals surface area contributed by atoms with Gasteiger partial charge in [0.15, 0.2) is 0 Å². The van der Waals surface area contributed by atoms with Gasteiger partial charge in [0, 0.05) is 25.6 Å². The lowest BCUT2D eigenvalue weighted by Crippen LogP contribution is -2.30. The number of carbonyl (C=O) groups excluding carboxylic acids is 1. The van der Waals surface area contributed by atoms with Gasteiger partial charge in [-0.3, -0.25) is 4.79 Å². The number of ether oxygens (including phenoxy) is 1. The summed E-state index contributed by atoms with van der Waals surface area (Å²) < 4.78 is 6.88. The fraction of sp³-hybridized carbons (Fsp3) is 0.375. The summed E-state index contributed by atoms with van der Waals surface area (Å²) >= 11 is 0. The topological polar surface area (TPSA) is 90.5 Å². The summed E-state index contributed by atoms with van der Waals surface area (Å²) in [4.78, 5) is 27.7. The highest BCUT2D eigenvalue weighted by Crippen LogP contribution is 2.28. The average Bonchev–Trinajstić information content (AvgIpc) is 3.07. The van der Waals surface area contributed by atoms with Crippen LogP contribution in [0, 0.1) is 10.1 Å². The van der Waals surface area contributed by atoms with Crippen molar-refractivity contribution < 1.29 is 14.5 Å². The third-order valence-corrected chi connectivity index (χ3v) is 3.95. The van der Waals surface area contributed by atoms with Crippen molar-refractivity contribution >= 4 is 11.7 Å². The van der Waals surface area contributed by atoms with E-state index in [-0.39, 0.29) is 24.2 Å². The second kappa shape index (κ2) is 7.58. The molecule has 0 saturated heterocycles. The lowest BCUT2D eigenvalue weighted by molar-refractivity contribution is -0.389. The van der Waals surface area contributed by atoms with E-state index in [0.717, 1.165) is 11.3 Å². The SMILES string of the molecule is COc1ccccc1[C@H](C)N(C)C(=O)CCn1cnc([N+](=O)[O-])c1. The van der Waals surface area contributed by atoms with E-state index in [1.54, 1.807) is 19.1 Å². The Labute approximate surface area is 139 Å². The molecule has 1 aromatic heterocycles. The van der Waals surface area contributed by atoms with Gasteiger partial charge >= 0.3 is 5.82 Å². The van der Waals surface area contributed by atoms with Crippen LogP contribution in [0.3, 0.4) is 0 Å². The molecule has 0 N–H and O–H groups in total. The van der Waals surface area contributed by atoms with Crippen LogP contribution < -0.4 is 4.74 Å². The van der Waals surface area contributed by atoms with Crippen LogP contribution in [0.5, 0.6) is 5.75 Å². The number of carbonyl (C=O) groups is 1. The Kier molecular flexibility index (Phi) is 5.51. The molecule has 1 aromatic carbocycles. The second-order valence-corrected chi connectivity index (χ2v) is 5.40. The van der Waals surface area contributed by atoms with E-state index in [1.165, 1.54) is 17.1 Å². The summed E-state index contributed by atoms with van der Waals surface area (Å²) in [6, 6.07) is 7.41. The standard InChI is InChI=1S/C16H20N4O4/c1-12(13-6-4-5-7-14(13)24-3)18(2)16(21)8-9-19-10-15(17-11-19)20(22)23/h4-7,10-12H,8-9H2,1-3H3/t12-/m0/s1. The van der Waals surface area contributed by atoms with Gasteiger partial charge in [-0.25, -0.2) is 0 Å². The van der Waals surface area contributed by atoms with E-state index < -0.39 is 4.92 Å². The normalized spacial score (nSPS) is 11.8. The second-order valence-electron chi connectivity index (χ2n) is 5.40. The first-order valence-corrected chi connectivity index (χ1v) is 7.48. The predicted molar refractivity (Wildman–Crippen MR) is 87.7 cm³/mol. The van der Waals surface area contributed by atoms with Crippen molar-refractivity contribution in [1.82, 2.24) is 14.5 Å². The maximum Gasteiger partial charge on any atom is 0.381 e. The van der Waals surface area contributed by atoms with E-state index in [2.05, 4.69) is 4.98 Å². The summed E-state index contributed by atoms with van der Waals surface area (Å²) in [5, 5.41) is 10.6. The third kappa shape index (κ3) is 3.89. The zero-order chi connectivity index (χ0) is 17.7. The molecule has 0 aliphatic carbocycles. The summed E-state index contributed by atoms with van der Waals surface area (Å²) in [7, 11) is 3.33. The molecule has 0 aliphatic rings. The van der Waals surface area contributed by atoms with E-state index in [9.17, 15) is 14.9 Å². The molecule has 1 heterocycles. The number of para-hydroxylation sites is 1. The molecule has 0 unspecified atom stereocenters. The van der Waals surface area contributed by atoms with Crippen LogP contribution in [0.2, 0.25) is 0 Å². The Balaban J connectivity index is 1.99. The van der Waals surface area contributed by atoms with Gasteiger partial charge in [0.1, 0.15) is 11.9 Å². The Hall–Kier alpha value is -2.90. The van der Waals surface area contributed by atoms with E-state index in [0.29, 0.717) is 6.54 Å². The molecule has 8 heteroatoms. The van der Waals surface area contributed by atoms with Crippen molar-refractivity contribution in [1.29, 1.82) is 0 Å². The number of rotatable bonds is 7. The highest BCUT2D eigenvalue weighted by atomic mass is 16.6. The lowest BCUT2D eigenvalue weighted by Gasteiger charge is -2.26. The number of methoxy groups -OCH3 is 1. The number of imidazole rings is 1. The van der Waals surface area contributed by atoms with Gasteiger partial charge in [-0.05, 0) is 22.9 Å². The lowest BCUT2D eigenvalue weighted by atomic mass is 10.1. The number of nitro groups is 1. The van der Waals surface area contributed by atoms with Gasteiger partial charge in [-0.2, -0.15) is 0 Å². The van der Waals surface area contributed by atoms with Gasteiger partial charge < -0.3 is 24.3 Å². The molecule has 8 nitrogen and oxygen atoms in total. The maximum atomic E-state index is 12.4. The van der Waals surface area contributed by atoms with E-state index in [1.807, 2.05) is 31.2 Å². The first-order valence-electron chi connectivity index (χ1n) is 7.48. The van der Waals surface area contributed by atoms with Crippen LogP contribution >= 0.6 is 0 Å². The van der Waals surface area contributed by atoms with Crippen LogP contribution in [0.1, 0.15) is 24.9 Å². The van der Waals surface area contributed by atoms with E-state index >= 15 is 0 Å². The van der Waals surface area contributed by atoms with Gasteiger partial charge in [-0.1, -0.05) is 18.2 Å². The Morgan fingerprint density at radius 2 is 2.17 bits per heavy atom. The summed E-state index contributed by atoms with van der Waals surface area (Å²) in [5.74, 6) is 0.442. The molecule has 1 amide bonds. The highest BCUT2D eigenvalue weighted by Gasteiger charge is 2.20. The summed E-state index contributed by atoms with van der Waals surface area (Å²) in [6.07, 6.45) is 2.90. The molecule has 0 spiro atoms. The largest absolute Gasteiger partial charge is 0.496 e. The quantitative estimate of drug-likeness (QED) is 0.573. The third-order valence-electron chi connectivity index (χ3n) is 3.95. The Morgan fingerprint density at radius 1 is 1.46 bits per heavy atom. The highest BCUT2D eigenvalue weighted by molar-refractivity contribution is 5.76. The number of amides is 1. The van der Waals surface area contributed by atoms with Crippen molar-refractivity contribution in [3.05, 3.63) is 52.5 Å². The molecule has 0 bridgehead atoms. The van der Waals surface area contributed by atoms with Crippen LogP contribution in [0.15, 0.2) is 36.8 Å². The molecule has 0 aliphatic heterocycles. The maximum absolute atomic E-state index is 12.4. The fourth-order valence-corrected chi connectivity index (χ4v) is 2.40. The summed E-state index contributed by atoms with van der Waals surface area (Å²) in [5.41, 5.74) is 0.925. The number of aromatic nitrogens is 2. The predicted octanol–water partition coefficient (Wildman–Crippen LogP) is 2.41. The molecular weight excluding hydrogens is 312 g/mol. The molecule has 0 saturated carbocycles. The molecule has 0 fully saturated rings. The molecule has 2 aromatic rings. The van der Waals surface area contributed by atoms with Crippen LogP contribution in [-0.4, -0.2) is 39.4 Å². The van der Waals surface area contributed by atoms with Gasteiger partial charge in [0.2, 0.25) is 12.2 Å². The van der Waals surface area contributed by atoms with Gasteiger partial charge in [-0.15, -0.1) is 0 Å². The molecule has 1 atom stereocenters. The summed E-state index contributed by atoms with van der Waals surface area (Å²) in [6.45, 7) is 2.26. The van der Waals surface area contributed by atoms with Gasteiger partial charge in [0.05, 0.1) is 13.2 Å². The molecule has 0 radical (unpaired) electrons. The van der Waals surface area contributed by atoms with Crippen LogP contribution in [-0.2, 0) is 11.3 Å². The molecule has 2 rings (SSSR count). The molecular formula is C16H20N4O4. The van der Waals surface area contributed by atoms with Crippen molar-refractivity contribution in [2.45, 2.75) is 25.9 Å².